The summed E-state index contributed by atoms with van der Waals surface area (Å²) < 4.78 is 69.3. The van der Waals surface area contributed by atoms with Crippen molar-refractivity contribution in [1.29, 1.82) is 0 Å². The fourth-order valence-corrected chi connectivity index (χ4v) is 10.2. The summed E-state index contributed by atoms with van der Waals surface area (Å²) in [6, 6.07) is 0. The Labute approximate surface area is 264 Å². The van der Waals surface area contributed by atoms with Gasteiger partial charge in [0.15, 0.2) is 17.4 Å². The molecule has 10 heteroatoms. The molecule has 0 unspecified atom stereocenters. The van der Waals surface area contributed by atoms with Crippen LogP contribution in [-0.2, 0) is 33.3 Å². The van der Waals surface area contributed by atoms with E-state index in [9.17, 15) is 22.8 Å². The molecule has 0 aromatic heterocycles. The lowest BCUT2D eigenvalue weighted by atomic mass is 9.48. The lowest BCUT2D eigenvalue weighted by Gasteiger charge is -2.57. The second kappa shape index (κ2) is 10.1. The van der Waals surface area contributed by atoms with Crippen molar-refractivity contribution in [1.82, 2.24) is 0 Å². The van der Waals surface area contributed by atoms with Gasteiger partial charge >= 0.3 is 12.1 Å². The molecule has 2 saturated heterocycles. The summed E-state index contributed by atoms with van der Waals surface area (Å²) in [5.74, 6) is -3.43. The van der Waals surface area contributed by atoms with Gasteiger partial charge in [-0.15, -0.1) is 0 Å². The van der Waals surface area contributed by atoms with E-state index < -0.39 is 41.0 Å². The monoisotopic (exact) mass is 638 g/mol. The Kier molecular flexibility index (Phi) is 7.46. The van der Waals surface area contributed by atoms with Gasteiger partial charge in [0.1, 0.15) is 5.60 Å². The van der Waals surface area contributed by atoms with Gasteiger partial charge in [-0.05, 0) is 127 Å². The van der Waals surface area contributed by atoms with Gasteiger partial charge in [0.25, 0.3) is 0 Å². The quantitative estimate of drug-likeness (QED) is 0.291. The maximum absolute atomic E-state index is 13.8. The topological polar surface area (TPSA) is 80.3 Å². The third-order valence-corrected chi connectivity index (χ3v) is 12.0. The van der Waals surface area contributed by atoms with E-state index >= 15 is 0 Å². The van der Waals surface area contributed by atoms with Crippen LogP contribution in [0.1, 0.15) is 107 Å². The molecule has 4 fully saturated rings. The Morgan fingerprint density at radius 1 is 0.978 bits per heavy atom. The molecule has 2 aliphatic heterocycles. The lowest BCUT2D eigenvalue weighted by molar-refractivity contribution is -0.212. The van der Waals surface area contributed by atoms with Crippen molar-refractivity contribution >= 4 is 11.8 Å². The number of halogens is 3. The molecule has 0 spiro atoms. The first kappa shape index (κ1) is 33.2. The summed E-state index contributed by atoms with van der Waals surface area (Å²) in [6.45, 7) is 17.2. The largest absolute Gasteiger partial charge is 0.490 e. The van der Waals surface area contributed by atoms with Crippen LogP contribution in [0.5, 0.6) is 0 Å². The Balaban J connectivity index is 1.24. The van der Waals surface area contributed by atoms with Crippen LogP contribution in [0.15, 0.2) is 23.3 Å². The molecule has 2 heterocycles. The second-order valence-electron chi connectivity index (χ2n) is 16.6. The van der Waals surface area contributed by atoms with Crippen molar-refractivity contribution < 1.29 is 46.4 Å². The molecule has 4 aliphatic carbocycles. The molecule has 9 atom stereocenters. The van der Waals surface area contributed by atoms with Crippen molar-refractivity contribution in [3.05, 3.63) is 23.3 Å². The number of esters is 1. The van der Waals surface area contributed by atoms with Crippen LogP contribution in [0.2, 0.25) is 0 Å². The van der Waals surface area contributed by atoms with Crippen molar-refractivity contribution in [2.45, 2.75) is 155 Å². The number of hydrogen-bond acceptors (Lipinski definition) is 7. The number of hydrogen-bond donors (Lipinski definition) is 0. The number of rotatable bonds is 5. The minimum absolute atomic E-state index is 0.0122. The van der Waals surface area contributed by atoms with Gasteiger partial charge in [-0.1, -0.05) is 19.9 Å². The Morgan fingerprint density at radius 2 is 1.64 bits per heavy atom. The number of fused-ring (bicyclic) bond motifs is 6. The highest BCUT2D eigenvalue weighted by molar-refractivity contribution is 5.95. The smallest absolute Gasteiger partial charge is 0.453 e. The normalized spacial score (nSPS) is 43.5. The van der Waals surface area contributed by atoms with Gasteiger partial charge in [0.2, 0.25) is 0 Å². The SMILES string of the molecule is CC(C)(CC[C@H]1OC(C)(C)O[C@]1(C)[C@H]1CC=C2C3=CC(=O)[C@@H]4C[C@H]5OC(C)(C)O[C@H]5C[C@]4(C)[C@H]3CC[C@@]21C)OC(=O)C(F)(F)F. The highest BCUT2D eigenvalue weighted by Crippen LogP contribution is 2.67. The average molecular weight is 639 g/mol. The van der Waals surface area contributed by atoms with E-state index in [4.69, 9.17) is 23.7 Å². The van der Waals surface area contributed by atoms with E-state index in [2.05, 4.69) is 26.8 Å². The number of ether oxygens (including phenoxy) is 5. The molecule has 0 bridgehead atoms. The fourth-order valence-electron chi connectivity index (χ4n) is 10.2. The lowest BCUT2D eigenvalue weighted by Crippen LogP contribution is -2.56. The predicted octanol–water partition coefficient (Wildman–Crippen LogP) is 7.37. The average Bonchev–Trinajstić information content (AvgIpc) is 3.47. The Hall–Kier alpha value is -1.75. The molecule has 6 aliphatic rings. The molecule has 0 aromatic carbocycles. The van der Waals surface area contributed by atoms with Crippen LogP contribution >= 0.6 is 0 Å². The number of allylic oxidation sites excluding steroid dienone is 4. The van der Waals surface area contributed by atoms with E-state index in [0.29, 0.717) is 12.8 Å². The van der Waals surface area contributed by atoms with Crippen LogP contribution in [0.3, 0.4) is 0 Å². The van der Waals surface area contributed by atoms with E-state index in [0.717, 1.165) is 31.3 Å². The molecule has 6 rings (SSSR count). The van der Waals surface area contributed by atoms with Crippen LogP contribution in [0.25, 0.3) is 0 Å². The van der Waals surface area contributed by atoms with Crippen LogP contribution in [0.4, 0.5) is 13.2 Å². The first-order valence-corrected chi connectivity index (χ1v) is 16.5. The number of ketones is 1. The molecule has 0 radical (unpaired) electrons. The van der Waals surface area contributed by atoms with Gasteiger partial charge in [-0.25, -0.2) is 4.79 Å². The minimum Gasteiger partial charge on any atom is -0.453 e. The molecule has 0 aromatic rings. The maximum atomic E-state index is 13.8. The first-order chi connectivity index (χ1) is 20.5. The molecular weight excluding hydrogens is 589 g/mol. The van der Waals surface area contributed by atoms with Crippen molar-refractivity contribution in [2.75, 3.05) is 0 Å². The summed E-state index contributed by atoms with van der Waals surface area (Å²) in [4.78, 5) is 25.4. The summed E-state index contributed by atoms with van der Waals surface area (Å²) in [7, 11) is 0. The molecule has 0 amide bonds. The molecule has 45 heavy (non-hydrogen) atoms. The van der Waals surface area contributed by atoms with Gasteiger partial charge in [-0.3, -0.25) is 4.79 Å². The third-order valence-electron chi connectivity index (χ3n) is 12.0. The van der Waals surface area contributed by atoms with Gasteiger partial charge in [0.05, 0.1) is 23.9 Å². The molecule has 2 saturated carbocycles. The predicted molar refractivity (Wildman–Crippen MR) is 159 cm³/mol. The summed E-state index contributed by atoms with van der Waals surface area (Å²) in [5.41, 5.74) is -0.259. The Morgan fingerprint density at radius 3 is 2.31 bits per heavy atom. The van der Waals surface area contributed by atoms with E-state index in [1.54, 1.807) is 0 Å². The van der Waals surface area contributed by atoms with Crippen molar-refractivity contribution in [3.8, 4) is 0 Å². The summed E-state index contributed by atoms with van der Waals surface area (Å²) >= 11 is 0. The van der Waals surface area contributed by atoms with E-state index in [1.165, 1.54) is 19.4 Å². The first-order valence-electron chi connectivity index (χ1n) is 16.5. The zero-order chi connectivity index (χ0) is 33.2. The fraction of sp³-hybridized carbons (Fsp3) is 0.829. The van der Waals surface area contributed by atoms with Crippen LogP contribution in [-0.4, -0.2) is 59.0 Å². The highest BCUT2D eigenvalue weighted by Gasteiger charge is 2.65. The summed E-state index contributed by atoms with van der Waals surface area (Å²) in [5, 5.41) is 0. The highest BCUT2D eigenvalue weighted by atomic mass is 19.4. The summed E-state index contributed by atoms with van der Waals surface area (Å²) in [6.07, 6.45) is 3.18. The molecule has 0 N–H and O–H groups in total. The Bertz CT molecular complexity index is 1330. The van der Waals surface area contributed by atoms with Crippen LogP contribution in [0, 0.1) is 28.6 Å². The minimum atomic E-state index is -5.06. The number of alkyl halides is 3. The van der Waals surface area contributed by atoms with E-state index in [1.807, 2.05) is 33.8 Å². The van der Waals surface area contributed by atoms with Gasteiger partial charge in [0, 0.05) is 11.8 Å². The van der Waals surface area contributed by atoms with Gasteiger partial charge in [-0.2, -0.15) is 13.2 Å². The standard InChI is InChI=1S/C35H49F3O7/c1-29(2,44-28(40)35(36,37)38)14-13-27-34(9,45-31(5,6)43-27)26-11-10-20-19-16-23(39)22-17-24-25(42-30(3,4)41-24)18-33(22,8)21(19)12-15-32(20,26)7/h10,16,21-22,24-27H,11-15,17-18H2,1-9H3/t21-,22-,24+,25-,26-,27+,32-,33+,34+/m0/s1. The van der Waals surface area contributed by atoms with Crippen LogP contribution < -0.4 is 0 Å². The third kappa shape index (κ3) is 5.43. The molecular formula is C35H49F3O7. The van der Waals surface area contributed by atoms with Crippen molar-refractivity contribution in [3.63, 3.8) is 0 Å². The zero-order valence-electron chi connectivity index (χ0n) is 28.1. The maximum Gasteiger partial charge on any atom is 0.490 e. The van der Waals surface area contributed by atoms with E-state index in [-0.39, 0.29) is 53.0 Å². The van der Waals surface area contributed by atoms with Crippen molar-refractivity contribution in [2.24, 2.45) is 28.6 Å². The zero-order valence-corrected chi connectivity index (χ0v) is 28.1. The second-order valence-corrected chi connectivity index (χ2v) is 16.6. The molecule has 252 valence electrons. The molecule has 7 nitrogen and oxygen atoms in total. The number of carbonyl (C=O) groups excluding carboxylic acids is 2. The van der Waals surface area contributed by atoms with Gasteiger partial charge < -0.3 is 23.7 Å². The number of carbonyl (C=O) groups is 2.